The van der Waals surface area contributed by atoms with Crippen molar-refractivity contribution in [2.45, 2.75) is 50.7 Å². The number of piperazine rings is 1. The lowest BCUT2D eigenvalue weighted by Gasteiger charge is -2.49. The second kappa shape index (κ2) is 6.73. The first-order valence-corrected chi connectivity index (χ1v) is 8.51. The summed E-state index contributed by atoms with van der Waals surface area (Å²) in [6.07, 6.45) is 5.40. The van der Waals surface area contributed by atoms with Crippen LogP contribution in [0.25, 0.3) is 0 Å². The van der Waals surface area contributed by atoms with E-state index in [0.717, 1.165) is 19.3 Å². The SMILES string of the molecule is CNC1CCOCC1CN1CC2CCCCN2CC1C. The molecule has 4 heteroatoms. The molecule has 3 fully saturated rings. The van der Waals surface area contributed by atoms with Crippen molar-refractivity contribution in [2.24, 2.45) is 5.92 Å². The molecule has 3 rings (SSSR count). The third-order valence-corrected chi connectivity index (χ3v) is 5.63. The number of fused-ring (bicyclic) bond motifs is 1. The van der Waals surface area contributed by atoms with Gasteiger partial charge in [0.1, 0.15) is 0 Å². The Morgan fingerprint density at radius 1 is 1.20 bits per heavy atom. The van der Waals surface area contributed by atoms with Gasteiger partial charge in [0, 0.05) is 50.3 Å². The molecule has 1 N–H and O–H groups in total. The fraction of sp³-hybridized carbons (Fsp3) is 1.00. The number of hydrogen-bond donors (Lipinski definition) is 1. The summed E-state index contributed by atoms with van der Waals surface area (Å²) in [6, 6.07) is 2.15. The highest BCUT2D eigenvalue weighted by Gasteiger charge is 2.35. The third kappa shape index (κ3) is 3.19. The molecule has 3 aliphatic heterocycles. The fourth-order valence-corrected chi connectivity index (χ4v) is 4.33. The minimum absolute atomic E-state index is 0.639. The summed E-state index contributed by atoms with van der Waals surface area (Å²) in [5.41, 5.74) is 0. The number of ether oxygens (including phenoxy) is 1. The Morgan fingerprint density at radius 2 is 2.10 bits per heavy atom. The molecule has 0 bridgehead atoms. The normalized spacial score (nSPS) is 40.5. The molecule has 3 heterocycles. The molecule has 0 radical (unpaired) electrons. The Hall–Kier alpha value is -0.160. The second-order valence-corrected chi connectivity index (χ2v) is 6.97. The van der Waals surface area contributed by atoms with E-state index < -0.39 is 0 Å². The van der Waals surface area contributed by atoms with Crippen LogP contribution in [0.5, 0.6) is 0 Å². The molecule has 0 aromatic rings. The molecule has 4 unspecified atom stereocenters. The fourth-order valence-electron chi connectivity index (χ4n) is 4.33. The number of piperidine rings is 1. The van der Waals surface area contributed by atoms with Gasteiger partial charge in [0.25, 0.3) is 0 Å². The van der Waals surface area contributed by atoms with Crippen molar-refractivity contribution in [3.63, 3.8) is 0 Å². The van der Waals surface area contributed by atoms with Crippen molar-refractivity contribution in [2.75, 3.05) is 46.4 Å². The van der Waals surface area contributed by atoms with Crippen LogP contribution < -0.4 is 5.32 Å². The van der Waals surface area contributed by atoms with Crippen molar-refractivity contribution in [1.82, 2.24) is 15.1 Å². The lowest BCUT2D eigenvalue weighted by atomic mass is 9.92. The Labute approximate surface area is 123 Å². The van der Waals surface area contributed by atoms with Gasteiger partial charge in [0.2, 0.25) is 0 Å². The van der Waals surface area contributed by atoms with Gasteiger partial charge in [-0.3, -0.25) is 9.80 Å². The molecule has 0 spiro atoms. The van der Waals surface area contributed by atoms with E-state index in [0.29, 0.717) is 18.0 Å². The van der Waals surface area contributed by atoms with Crippen LogP contribution in [0.2, 0.25) is 0 Å². The van der Waals surface area contributed by atoms with Crippen LogP contribution in [-0.2, 0) is 4.74 Å². The minimum atomic E-state index is 0.639. The molecule has 0 aromatic heterocycles. The van der Waals surface area contributed by atoms with Crippen LogP contribution in [0.15, 0.2) is 0 Å². The van der Waals surface area contributed by atoms with Crippen molar-refractivity contribution in [3.8, 4) is 0 Å². The van der Waals surface area contributed by atoms with Crippen molar-refractivity contribution >= 4 is 0 Å². The summed E-state index contributed by atoms with van der Waals surface area (Å²) in [5, 5.41) is 3.50. The molecule has 20 heavy (non-hydrogen) atoms. The van der Waals surface area contributed by atoms with Gasteiger partial charge < -0.3 is 10.1 Å². The number of nitrogens with one attached hydrogen (secondary N) is 1. The van der Waals surface area contributed by atoms with Gasteiger partial charge in [-0.1, -0.05) is 6.42 Å². The molecule has 0 amide bonds. The van der Waals surface area contributed by atoms with Gasteiger partial charge in [-0.2, -0.15) is 0 Å². The zero-order chi connectivity index (χ0) is 13.9. The standard InChI is InChI=1S/C16H31N3O/c1-13-9-18-7-4-3-5-15(18)11-19(13)10-14-12-20-8-6-16(14)17-2/h13-17H,3-12H2,1-2H3. The Kier molecular flexibility index (Phi) is 4.97. The first-order valence-electron chi connectivity index (χ1n) is 8.51. The summed E-state index contributed by atoms with van der Waals surface area (Å²) in [6.45, 7) is 9.34. The van der Waals surface area contributed by atoms with Crippen molar-refractivity contribution in [1.29, 1.82) is 0 Å². The van der Waals surface area contributed by atoms with Gasteiger partial charge in [0.05, 0.1) is 6.61 Å². The number of rotatable bonds is 3. The zero-order valence-electron chi connectivity index (χ0n) is 13.2. The van der Waals surface area contributed by atoms with Gasteiger partial charge in [-0.25, -0.2) is 0 Å². The van der Waals surface area contributed by atoms with Crippen LogP contribution in [0, 0.1) is 5.92 Å². The molecule has 3 aliphatic rings. The van der Waals surface area contributed by atoms with Crippen LogP contribution in [0.3, 0.4) is 0 Å². The summed E-state index contributed by atoms with van der Waals surface area (Å²) in [5.74, 6) is 0.659. The summed E-state index contributed by atoms with van der Waals surface area (Å²) < 4.78 is 5.72. The second-order valence-electron chi connectivity index (χ2n) is 6.97. The molecule has 0 saturated carbocycles. The van der Waals surface area contributed by atoms with E-state index in [-0.39, 0.29) is 0 Å². The summed E-state index contributed by atoms with van der Waals surface area (Å²) in [4.78, 5) is 5.47. The monoisotopic (exact) mass is 281 g/mol. The number of hydrogen-bond acceptors (Lipinski definition) is 4. The molecular formula is C16H31N3O. The molecule has 116 valence electrons. The van der Waals surface area contributed by atoms with E-state index in [4.69, 9.17) is 4.74 Å². The van der Waals surface area contributed by atoms with Gasteiger partial charge in [0.15, 0.2) is 0 Å². The number of nitrogens with zero attached hydrogens (tertiary/aromatic N) is 2. The Balaban J connectivity index is 1.58. The quantitative estimate of drug-likeness (QED) is 0.840. The molecule has 0 aromatic carbocycles. The maximum absolute atomic E-state index is 5.72. The maximum atomic E-state index is 5.72. The highest BCUT2D eigenvalue weighted by atomic mass is 16.5. The highest BCUT2D eigenvalue weighted by Crippen LogP contribution is 2.26. The topological polar surface area (TPSA) is 27.7 Å². The predicted octanol–water partition coefficient (Wildman–Crippen LogP) is 1.17. The van der Waals surface area contributed by atoms with Crippen LogP contribution in [0.4, 0.5) is 0 Å². The van der Waals surface area contributed by atoms with Gasteiger partial charge in [-0.15, -0.1) is 0 Å². The molecule has 0 aliphatic carbocycles. The maximum Gasteiger partial charge on any atom is 0.0521 e. The molecule has 4 nitrogen and oxygen atoms in total. The average molecular weight is 281 g/mol. The molecule has 3 saturated heterocycles. The van der Waals surface area contributed by atoms with Crippen LogP contribution >= 0.6 is 0 Å². The van der Waals surface area contributed by atoms with E-state index in [1.54, 1.807) is 0 Å². The lowest BCUT2D eigenvalue weighted by Crippen LogP contribution is -2.60. The Bertz CT molecular complexity index is 312. The minimum Gasteiger partial charge on any atom is -0.381 e. The van der Waals surface area contributed by atoms with Crippen LogP contribution in [-0.4, -0.2) is 74.4 Å². The Morgan fingerprint density at radius 3 is 2.95 bits per heavy atom. The smallest absolute Gasteiger partial charge is 0.0521 e. The highest BCUT2D eigenvalue weighted by molar-refractivity contribution is 4.91. The van der Waals surface area contributed by atoms with E-state index in [2.05, 4.69) is 29.1 Å². The van der Waals surface area contributed by atoms with Gasteiger partial charge >= 0.3 is 0 Å². The molecular weight excluding hydrogens is 250 g/mol. The van der Waals surface area contributed by atoms with E-state index in [9.17, 15) is 0 Å². The van der Waals surface area contributed by atoms with E-state index in [1.165, 1.54) is 51.9 Å². The predicted molar refractivity (Wildman–Crippen MR) is 82.0 cm³/mol. The average Bonchev–Trinajstić information content (AvgIpc) is 2.48. The van der Waals surface area contributed by atoms with Gasteiger partial charge in [-0.05, 0) is 39.8 Å². The largest absolute Gasteiger partial charge is 0.381 e. The van der Waals surface area contributed by atoms with Crippen LogP contribution in [0.1, 0.15) is 32.6 Å². The summed E-state index contributed by atoms with van der Waals surface area (Å²) >= 11 is 0. The van der Waals surface area contributed by atoms with E-state index in [1.807, 2.05) is 0 Å². The van der Waals surface area contributed by atoms with Crippen molar-refractivity contribution < 1.29 is 4.74 Å². The first-order chi connectivity index (χ1) is 9.78. The molecule has 4 atom stereocenters. The van der Waals surface area contributed by atoms with E-state index >= 15 is 0 Å². The first kappa shape index (κ1) is 14.8. The lowest BCUT2D eigenvalue weighted by molar-refractivity contribution is -0.0241. The third-order valence-electron chi connectivity index (χ3n) is 5.63. The zero-order valence-corrected chi connectivity index (χ0v) is 13.2. The van der Waals surface area contributed by atoms with Crippen molar-refractivity contribution in [3.05, 3.63) is 0 Å². The summed E-state index contributed by atoms with van der Waals surface area (Å²) in [7, 11) is 2.10.